The van der Waals surface area contributed by atoms with Gasteiger partial charge < -0.3 is 4.42 Å². The molecule has 6 nitrogen and oxygen atoms in total. The quantitative estimate of drug-likeness (QED) is 0.258. The van der Waals surface area contributed by atoms with Gasteiger partial charge in [0.05, 0.1) is 15.1 Å². The van der Waals surface area contributed by atoms with Crippen LogP contribution in [0.2, 0.25) is 0 Å². The number of carbonyl (C=O) groups excluding carboxylic acids is 1. The fraction of sp³-hybridized carbons (Fsp3) is 0.250. The molecular formula is C24H21BrN4O2S2. The molecule has 0 bridgehead atoms. The molecular weight excluding hydrogens is 520 g/mol. The first-order valence-electron chi connectivity index (χ1n) is 10.8. The number of rotatable bonds is 5. The number of benzene rings is 1. The molecule has 1 saturated carbocycles. The summed E-state index contributed by atoms with van der Waals surface area (Å²) in [5.41, 5.74) is 0.845. The number of furan rings is 1. The Kier molecular flexibility index (Phi) is 6.99. The van der Waals surface area contributed by atoms with Crippen LogP contribution in [0, 0.1) is 0 Å². The van der Waals surface area contributed by atoms with E-state index < -0.39 is 0 Å². The van der Waals surface area contributed by atoms with Gasteiger partial charge in [-0.15, -0.1) is 0 Å². The summed E-state index contributed by atoms with van der Waals surface area (Å²) in [5.74, 6) is 0.593. The topological polar surface area (TPSA) is 71.6 Å². The zero-order valence-corrected chi connectivity index (χ0v) is 20.9. The molecule has 1 saturated heterocycles. The summed E-state index contributed by atoms with van der Waals surface area (Å²) in [6, 6.07) is 13.6. The van der Waals surface area contributed by atoms with Crippen molar-refractivity contribution in [2.75, 3.05) is 0 Å². The SMILES string of the molecule is O=C1/C(=C\c2cc(Br)c(Sc3ncccn3)o2)SC(=Nc2ccccc2)N1C1CCCCC1. The third-order valence-corrected chi connectivity index (χ3v) is 8.15. The first kappa shape index (κ1) is 22.4. The van der Waals surface area contributed by atoms with Crippen molar-refractivity contribution in [1.82, 2.24) is 14.9 Å². The van der Waals surface area contributed by atoms with E-state index in [0.29, 0.717) is 20.9 Å². The summed E-state index contributed by atoms with van der Waals surface area (Å²) in [7, 11) is 0. The fourth-order valence-corrected chi connectivity index (χ4v) is 6.17. The van der Waals surface area contributed by atoms with Gasteiger partial charge >= 0.3 is 0 Å². The lowest BCUT2D eigenvalue weighted by Gasteiger charge is -2.30. The molecule has 0 atom stereocenters. The maximum Gasteiger partial charge on any atom is 0.267 e. The Bertz CT molecular complexity index is 1190. The zero-order chi connectivity index (χ0) is 22.6. The van der Waals surface area contributed by atoms with Crippen LogP contribution in [0.3, 0.4) is 0 Å². The summed E-state index contributed by atoms with van der Waals surface area (Å²) >= 11 is 6.28. The number of nitrogens with zero attached hydrogens (tertiary/aromatic N) is 4. The lowest BCUT2D eigenvalue weighted by atomic mass is 9.94. The molecule has 5 rings (SSSR count). The number of aromatic nitrogens is 2. The van der Waals surface area contributed by atoms with E-state index in [-0.39, 0.29) is 11.9 Å². The Morgan fingerprint density at radius 2 is 1.88 bits per heavy atom. The predicted molar refractivity (Wildman–Crippen MR) is 135 cm³/mol. The highest BCUT2D eigenvalue weighted by atomic mass is 79.9. The fourth-order valence-electron chi connectivity index (χ4n) is 3.90. The molecule has 1 aliphatic heterocycles. The van der Waals surface area contributed by atoms with Crippen molar-refractivity contribution in [3.05, 3.63) is 70.0 Å². The summed E-state index contributed by atoms with van der Waals surface area (Å²) < 4.78 is 6.79. The molecule has 2 aliphatic rings. The minimum Gasteiger partial charge on any atom is -0.449 e. The van der Waals surface area contributed by atoms with Crippen LogP contribution in [-0.4, -0.2) is 32.0 Å². The average Bonchev–Trinajstić information content (AvgIpc) is 3.34. The molecule has 0 N–H and O–H groups in total. The second kappa shape index (κ2) is 10.3. The molecule has 2 aromatic heterocycles. The Hall–Kier alpha value is -2.36. The maximum atomic E-state index is 13.5. The van der Waals surface area contributed by atoms with Gasteiger partial charge in [0, 0.05) is 24.5 Å². The van der Waals surface area contributed by atoms with Crippen molar-refractivity contribution in [2.24, 2.45) is 4.99 Å². The molecule has 0 radical (unpaired) electrons. The lowest BCUT2D eigenvalue weighted by molar-refractivity contribution is -0.124. The van der Waals surface area contributed by atoms with Crippen molar-refractivity contribution in [2.45, 2.75) is 48.4 Å². The smallest absolute Gasteiger partial charge is 0.267 e. The van der Waals surface area contributed by atoms with E-state index in [1.807, 2.05) is 41.3 Å². The molecule has 1 amide bonds. The second-order valence-electron chi connectivity index (χ2n) is 7.73. The Morgan fingerprint density at radius 1 is 1.12 bits per heavy atom. The highest BCUT2D eigenvalue weighted by Crippen LogP contribution is 2.40. The van der Waals surface area contributed by atoms with Gasteiger partial charge in [0.1, 0.15) is 5.76 Å². The van der Waals surface area contributed by atoms with Gasteiger partial charge in [-0.3, -0.25) is 9.69 Å². The summed E-state index contributed by atoms with van der Waals surface area (Å²) in [4.78, 5) is 29.3. The normalized spacial score (nSPS) is 19.7. The van der Waals surface area contributed by atoms with E-state index in [4.69, 9.17) is 9.41 Å². The predicted octanol–water partition coefficient (Wildman–Crippen LogP) is 6.92. The molecule has 3 aromatic rings. The third-order valence-electron chi connectivity index (χ3n) is 5.43. The molecule has 1 aromatic carbocycles. The number of halogens is 1. The summed E-state index contributed by atoms with van der Waals surface area (Å²) in [5, 5.41) is 1.98. The molecule has 2 fully saturated rings. The first-order valence-corrected chi connectivity index (χ1v) is 13.2. The number of hydrogen-bond donors (Lipinski definition) is 0. The Balaban J connectivity index is 1.44. The molecule has 0 spiro atoms. The minimum absolute atomic E-state index is 0.00491. The number of hydrogen-bond acceptors (Lipinski definition) is 7. The summed E-state index contributed by atoms with van der Waals surface area (Å²) in [6.07, 6.45) is 10.7. The lowest BCUT2D eigenvalue weighted by Crippen LogP contribution is -2.40. The van der Waals surface area contributed by atoms with Gasteiger partial charge in [-0.2, -0.15) is 0 Å². The number of para-hydroxylation sites is 1. The van der Waals surface area contributed by atoms with Crippen LogP contribution >= 0.6 is 39.5 Å². The van der Waals surface area contributed by atoms with E-state index in [9.17, 15) is 4.79 Å². The van der Waals surface area contributed by atoms with Gasteiger partial charge in [-0.1, -0.05) is 37.5 Å². The van der Waals surface area contributed by atoms with Crippen LogP contribution in [0.1, 0.15) is 37.9 Å². The molecule has 9 heteroatoms. The standard InChI is InChI=1S/C24H21BrN4O2S2/c25-19-14-18(31-22(19)33-23-26-12-7-13-27-23)15-20-21(30)29(17-10-5-2-6-11-17)24(32-20)28-16-8-3-1-4-9-16/h1,3-4,7-9,12-15,17H,2,5-6,10-11H2/b20-15+,28-24?. The number of amidine groups is 1. The van der Waals surface area contributed by atoms with Crippen LogP contribution in [0.5, 0.6) is 0 Å². The highest BCUT2D eigenvalue weighted by molar-refractivity contribution is 9.10. The van der Waals surface area contributed by atoms with Gasteiger partial charge in [0.15, 0.2) is 15.4 Å². The van der Waals surface area contributed by atoms with E-state index in [1.165, 1.54) is 29.9 Å². The van der Waals surface area contributed by atoms with Crippen molar-refractivity contribution in [3.8, 4) is 0 Å². The number of amides is 1. The molecule has 168 valence electrons. The van der Waals surface area contributed by atoms with E-state index in [1.54, 1.807) is 24.5 Å². The number of aliphatic imine (C=N–C) groups is 1. The molecule has 3 heterocycles. The van der Waals surface area contributed by atoms with Crippen LogP contribution in [0.4, 0.5) is 5.69 Å². The van der Waals surface area contributed by atoms with E-state index in [2.05, 4.69) is 25.9 Å². The average molecular weight is 541 g/mol. The van der Waals surface area contributed by atoms with Gasteiger partial charge in [0.25, 0.3) is 5.91 Å². The highest BCUT2D eigenvalue weighted by Gasteiger charge is 2.39. The molecule has 1 aliphatic carbocycles. The molecule has 33 heavy (non-hydrogen) atoms. The number of thioether (sulfide) groups is 1. The Labute approximate surface area is 209 Å². The second-order valence-corrected chi connectivity index (χ2v) is 10.5. The number of carbonyl (C=O) groups is 1. The minimum atomic E-state index is -0.00491. The van der Waals surface area contributed by atoms with Crippen molar-refractivity contribution in [3.63, 3.8) is 0 Å². The summed E-state index contributed by atoms with van der Waals surface area (Å²) in [6.45, 7) is 0. The van der Waals surface area contributed by atoms with Crippen molar-refractivity contribution >= 4 is 62.3 Å². The van der Waals surface area contributed by atoms with E-state index >= 15 is 0 Å². The van der Waals surface area contributed by atoms with Crippen LogP contribution in [0.15, 0.2) is 83.9 Å². The zero-order valence-electron chi connectivity index (χ0n) is 17.7. The van der Waals surface area contributed by atoms with Crippen molar-refractivity contribution < 1.29 is 9.21 Å². The van der Waals surface area contributed by atoms with Crippen molar-refractivity contribution in [1.29, 1.82) is 0 Å². The van der Waals surface area contributed by atoms with E-state index in [0.717, 1.165) is 41.0 Å². The first-order chi connectivity index (χ1) is 16.2. The van der Waals surface area contributed by atoms with Crippen LogP contribution < -0.4 is 0 Å². The van der Waals surface area contributed by atoms with Crippen LogP contribution in [0.25, 0.3) is 6.08 Å². The van der Waals surface area contributed by atoms with Crippen LogP contribution in [-0.2, 0) is 4.79 Å². The monoisotopic (exact) mass is 540 g/mol. The van der Waals surface area contributed by atoms with Gasteiger partial charge in [-0.05, 0) is 76.6 Å². The maximum absolute atomic E-state index is 13.5. The largest absolute Gasteiger partial charge is 0.449 e. The Morgan fingerprint density at radius 3 is 2.64 bits per heavy atom. The van der Waals surface area contributed by atoms with Gasteiger partial charge in [0.2, 0.25) is 0 Å². The third kappa shape index (κ3) is 5.26. The molecule has 0 unspecified atom stereocenters. The van der Waals surface area contributed by atoms with Gasteiger partial charge in [-0.25, -0.2) is 15.0 Å².